The lowest BCUT2D eigenvalue weighted by Gasteiger charge is -2.28. The Kier molecular flexibility index (Phi) is 4.21. The van der Waals surface area contributed by atoms with Crippen molar-refractivity contribution in [1.82, 2.24) is 24.3 Å². The molecule has 2 saturated heterocycles. The summed E-state index contributed by atoms with van der Waals surface area (Å²) in [7, 11) is 0. The van der Waals surface area contributed by atoms with E-state index in [2.05, 4.69) is 30.1 Å². The zero-order chi connectivity index (χ0) is 18.1. The maximum absolute atomic E-state index is 5.42. The summed E-state index contributed by atoms with van der Waals surface area (Å²) in [5.74, 6) is 2.56. The zero-order valence-corrected chi connectivity index (χ0v) is 15.0. The Balaban J connectivity index is 1.28. The molecule has 0 spiro atoms. The molecule has 1 N–H and O–H groups in total. The Morgan fingerprint density at radius 3 is 2.70 bits per heavy atom. The summed E-state index contributed by atoms with van der Waals surface area (Å²) in [4.78, 5) is 22.6. The topological polar surface area (TPSA) is 83.7 Å². The monoisotopic (exact) mass is 366 g/mol. The lowest BCUT2D eigenvalue weighted by atomic mass is 10.3. The van der Waals surface area contributed by atoms with Crippen molar-refractivity contribution in [3.05, 3.63) is 37.1 Å². The Morgan fingerprint density at radius 2 is 1.81 bits per heavy atom. The predicted molar refractivity (Wildman–Crippen MR) is 102 cm³/mol. The van der Waals surface area contributed by atoms with Gasteiger partial charge in [0, 0.05) is 63.2 Å². The lowest BCUT2D eigenvalue weighted by Crippen LogP contribution is -2.37. The van der Waals surface area contributed by atoms with E-state index in [1.165, 1.54) is 0 Å². The number of rotatable bonds is 4. The van der Waals surface area contributed by atoms with Crippen LogP contribution in [0, 0.1) is 0 Å². The van der Waals surface area contributed by atoms with Crippen molar-refractivity contribution in [3.8, 4) is 0 Å². The van der Waals surface area contributed by atoms with E-state index in [4.69, 9.17) is 9.72 Å². The number of fused-ring (bicyclic) bond motifs is 1. The second-order valence-corrected chi connectivity index (χ2v) is 6.82. The van der Waals surface area contributed by atoms with Crippen molar-refractivity contribution >= 4 is 23.2 Å². The summed E-state index contributed by atoms with van der Waals surface area (Å²) in [6.07, 6.45) is 10.3. The van der Waals surface area contributed by atoms with Crippen LogP contribution in [0.25, 0.3) is 5.65 Å². The second-order valence-electron chi connectivity index (χ2n) is 6.82. The molecule has 2 aliphatic rings. The van der Waals surface area contributed by atoms with Crippen molar-refractivity contribution in [3.63, 3.8) is 0 Å². The molecule has 3 aromatic rings. The summed E-state index contributed by atoms with van der Waals surface area (Å²) in [5, 5.41) is 3.49. The van der Waals surface area contributed by atoms with Crippen LogP contribution in [0.4, 0.5) is 17.6 Å². The Labute approximate surface area is 157 Å². The number of morpholine rings is 1. The molecule has 2 fully saturated rings. The summed E-state index contributed by atoms with van der Waals surface area (Å²) < 4.78 is 7.42. The highest BCUT2D eigenvalue weighted by Gasteiger charge is 2.26. The summed E-state index contributed by atoms with van der Waals surface area (Å²) >= 11 is 0. The molecule has 0 radical (unpaired) electrons. The quantitative estimate of drug-likeness (QED) is 0.734. The molecule has 3 aromatic heterocycles. The number of anilines is 3. The van der Waals surface area contributed by atoms with Crippen LogP contribution in [-0.2, 0) is 4.74 Å². The highest BCUT2D eigenvalue weighted by molar-refractivity contribution is 5.64. The number of imidazole rings is 1. The van der Waals surface area contributed by atoms with Gasteiger partial charge in [0.1, 0.15) is 5.82 Å². The smallest absolute Gasteiger partial charge is 0.224 e. The molecule has 5 rings (SSSR count). The van der Waals surface area contributed by atoms with E-state index >= 15 is 0 Å². The first-order valence-corrected chi connectivity index (χ1v) is 9.32. The molecule has 27 heavy (non-hydrogen) atoms. The van der Waals surface area contributed by atoms with Crippen molar-refractivity contribution < 1.29 is 4.74 Å². The minimum atomic E-state index is 0.280. The van der Waals surface area contributed by atoms with Gasteiger partial charge in [0.05, 0.1) is 13.2 Å². The molecule has 0 aliphatic carbocycles. The van der Waals surface area contributed by atoms with E-state index in [1.54, 1.807) is 6.20 Å². The molecular weight excluding hydrogens is 344 g/mol. The highest BCUT2D eigenvalue weighted by atomic mass is 16.5. The summed E-state index contributed by atoms with van der Waals surface area (Å²) in [6.45, 7) is 5.01. The van der Waals surface area contributed by atoms with E-state index < -0.39 is 0 Å². The van der Waals surface area contributed by atoms with Crippen LogP contribution >= 0.6 is 0 Å². The van der Waals surface area contributed by atoms with Gasteiger partial charge in [0.2, 0.25) is 5.95 Å². The first kappa shape index (κ1) is 16.2. The summed E-state index contributed by atoms with van der Waals surface area (Å²) in [5.41, 5.74) is 0.892. The third-order valence-corrected chi connectivity index (χ3v) is 5.09. The molecule has 0 amide bonds. The summed E-state index contributed by atoms with van der Waals surface area (Å²) in [6, 6.07) is 2.24. The predicted octanol–water partition coefficient (Wildman–Crippen LogP) is 1.05. The Hall–Kier alpha value is -2.94. The van der Waals surface area contributed by atoms with E-state index in [-0.39, 0.29) is 6.04 Å². The van der Waals surface area contributed by atoms with E-state index in [0.29, 0.717) is 5.95 Å². The number of hydrogen-bond acceptors (Lipinski definition) is 8. The zero-order valence-electron chi connectivity index (χ0n) is 15.0. The van der Waals surface area contributed by atoms with Gasteiger partial charge in [-0.2, -0.15) is 4.98 Å². The van der Waals surface area contributed by atoms with E-state index in [1.807, 2.05) is 35.3 Å². The van der Waals surface area contributed by atoms with Gasteiger partial charge in [-0.25, -0.2) is 15.0 Å². The number of nitrogens with one attached hydrogen (secondary N) is 1. The molecule has 9 heteroatoms. The molecule has 2 aliphatic heterocycles. The normalized spacial score (nSPS) is 20.4. The Morgan fingerprint density at radius 1 is 0.963 bits per heavy atom. The lowest BCUT2D eigenvalue weighted by molar-refractivity contribution is 0.122. The van der Waals surface area contributed by atoms with Gasteiger partial charge in [0.15, 0.2) is 11.5 Å². The standard InChI is InChI=1S/C18H22N8O/c1-3-21-18(23-15(1)24-9-11-27-12-10-24)22-14-2-6-26(13-14)17-16-19-4-7-25(16)8-5-20-17/h1,3-5,7-8,14H,2,6,9-13H2,(H,21,22,23). The number of hydrogen-bond donors (Lipinski definition) is 1. The van der Waals surface area contributed by atoms with Crippen LogP contribution in [0.15, 0.2) is 37.1 Å². The average molecular weight is 366 g/mol. The van der Waals surface area contributed by atoms with Crippen LogP contribution in [0.5, 0.6) is 0 Å². The Bertz CT molecular complexity index is 922. The fourth-order valence-electron chi connectivity index (χ4n) is 3.70. The fraction of sp³-hybridized carbons (Fsp3) is 0.444. The highest BCUT2D eigenvalue weighted by Crippen LogP contribution is 2.23. The fourth-order valence-corrected chi connectivity index (χ4v) is 3.70. The molecule has 0 aromatic carbocycles. The molecule has 0 saturated carbocycles. The molecule has 5 heterocycles. The number of aromatic nitrogens is 5. The van der Waals surface area contributed by atoms with Gasteiger partial charge in [-0.05, 0) is 12.5 Å². The molecule has 140 valence electrons. The van der Waals surface area contributed by atoms with Gasteiger partial charge >= 0.3 is 0 Å². The van der Waals surface area contributed by atoms with E-state index in [0.717, 1.165) is 63.1 Å². The largest absolute Gasteiger partial charge is 0.378 e. The maximum Gasteiger partial charge on any atom is 0.224 e. The van der Waals surface area contributed by atoms with Gasteiger partial charge in [-0.15, -0.1) is 0 Å². The van der Waals surface area contributed by atoms with Gasteiger partial charge in [-0.1, -0.05) is 0 Å². The third kappa shape index (κ3) is 3.25. The second kappa shape index (κ2) is 6.99. The first-order valence-electron chi connectivity index (χ1n) is 9.32. The number of nitrogens with zero attached hydrogens (tertiary/aromatic N) is 7. The minimum Gasteiger partial charge on any atom is -0.378 e. The molecule has 0 bridgehead atoms. The average Bonchev–Trinajstić information content (AvgIpc) is 3.38. The molecule has 1 atom stereocenters. The van der Waals surface area contributed by atoms with Crippen LogP contribution in [-0.4, -0.2) is 69.8 Å². The maximum atomic E-state index is 5.42. The molecule has 9 nitrogen and oxygen atoms in total. The molecular formula is C18H22N8O. The van der Waals surface area contributed by atoms with E-state index in [9.17, 15) is 0 Å². The van der Waals surface area contributed by atoms with Gasteiger partial charge in [-0.3, -0.25) is 0 Å². The first-order chi connectivity index (χ1) is 13.4. The van der Waals surface area contributed by atoms with Gasteiger partial charge < -0.3 is 24.3 Å². The SMILES string of the molecule is c1cc(N2CCOCC2)nc(NC2CCN(c3nccn4ccnc34)C2)n1. The minimum absolute atomic E-state index is 0.280. The van der Waals surface area contributed by atoms with Crippen LogP contribution in [0.1, 0.15) is 6.42 Å². The van der Waals surface area contributed by atoms with Crippen molar-refractivity contribution in [2.45, 2.75) is 12.5 Å². The van der Waals surface area contributed by atoms with Crippen molar-refractivity contribution in [1.29, 1.82) is 0 Å². The number of ether oxygens (including phenoxy) is 1. The van der Waals surface area contributed by atoms with Gasteiger partial charge in [0.25, 0.3) is 0 Å². The van der Waals surface area contributed by atoms with Crippen LogP contribution in [0.2, 0.25) is 0 Å². The van der Waals surface area contributed by atoms with Crippen molar-refractivity contribution in [2.75, 3.05) is 54.5 Å². The van der Waals surface area contributed by atoms with Crippen LogP contribution in [0.3, 0.4) is 0 Å². The van der Waals surface area contributed by atoms with Crippen molar-refractivity contribution in [2.24, 2.45) is 0 Å². The van der Waals surface area contributed by atoms with Crippen LogP contribution < -0.4 is 15.1 Å². The molecule has 1 unspecified atom stereocenters. The third-order valence-electron chi connectivity index (χ3n) is 5.09.